The number of carbonyl (C=O) groups excluding carboxylic acids is 6. The Morgan fingerprint density at radius 3 is 2.13 bits per heavy atom. The van der Waals surface area contributed by atoms with Crippen molar-refractivity contribution in [1.82, 2.24) is 47.1 Å². The second-order valence-electron chi connectivity index (χ2n) is 12.8. The van der Waals surface area contributed by atoms with Crippen LogP contribution in [0.3, 0.4) is 0 Å². The Morgan fingerprint density at radius 2 is 1.43 bits per heavy atom. The lowest BCUT2D eigenvalue weighted by Crippen LogP contribution is -2.59. The van der Waals surface area contributed by atoms with Crippen LogP contribution >= 0.6 is 0 Å². The number of nitrogens with two attached hydrogens (primary N) is 3. The van der Waals surface area contributed by atoms with Gasteiger partial charge in [0.25, 0.3) is 5.91 Å². The van der Waals surface area contributed by atoms with Gasteiger partial charge in [-0.25, -0.2) is 15.2 Å². The number of primary amides is 1. The summed E-state index contributed by atoms with van der Waals surface area (Å²) >= 11 is 0. The van der Waals surface area contributed by atoms with Crippen LogP contribution in [0.4, 0.5) is 4.79 Å². The molecule has 0 radical (unpaired) electrons. The van der Waals surface area contributed by atoms with E-state index in [2.05, 4.69) is 47.1 Å². The molecule has 54 heavy (non-hydrogen) atoms. The van der Waals surface area contributed by atoms with Gasteiger partial charge in [-0.2, -0.15) is 0 Å². The van der Waals surface area contributed by atoms with Gasteiger partial charge in [0.1, 0.15) is 24.2 Å². The van der Waals surface area contributed by atoms with Gasteiger partial charge in [0.15, 0.2) is 0 Å². The lowest BCUT2D eigenvalue weighted by molar-refractivity contribution is -0.131. The van der Waals surface area contributed by atoms with Crippen molar-refractivity contribution in [2.75, 3.05) is 6.54 Å². The standard InChI is InChI=1S/C36H48N12O6/c1-21(32(50)45-29(15-22-9-3-2-4-10-22)34(52)44-28(31(39)49)13-7-8-14-37)43-36(54)48-47-35(53)30(16-23-18-41-27-12-6-5-11-25(23)27)46-33(51)26(38)17-24-19-40-20-42-24/h2-6,9-12,18-21,26,28-30,41H,7-8,13-17,37-38H2,1H3,(H2,39,49)(H,40,42)(H,44,52)(H,45,50)(H,46,51)(H,47,53)(H2,43,48,54)/t21-,26-,28-,29+,30?/m0/s1. The van der Waals surface area contributed by atoms with Crippen molar-refractivity contribution in [1.29, 1.82) is 0 Å². The third kappa shape index (κ3) is 12.2. The smallest absolute Gasteiger partial charge is 0.334 e. The Morgan fingerprint density at radius 1 is 0.741 bits per heavy atom. The number of nitrogens with one attached hydrogen (secondary N) is 8. The quantitative estimate of drug-likeness (QED) is 0.0415. The van der Waals surface area contributed by atoms with Crippen molar-refractivity contribution < 1.29 is 28.8 Å². The van der Waals surface area contributed by atoms with E-state index in [0.29, 0.717) is 25.1 Å². The van der Waals surface area contributed by atoms with Crippen molar-refractivity contribution in [3.05, 3.63) is 90.1 Å². The summed E-state index contributed by atoms with van der Waals surface area (Å²) in [7, 11) is 0. The molecule has 18 nitrogen and oxygen atoms in total. The molecule has 5 atom stereocenters. The summed E-state index contributed by atoms with van der Waals surface area (Å²) in [4.78, 5) is 88.0. The average molecular weight is 745 g/mol. The molecule has 0 aliphatic carbocycles. The topological polar surface area (TPSA) is 297 Å². The number of hydrogen-bond acceptors (Lipinski definition) is 9. The van der Waals surface area contributed by atoms with Crippen LogP contribution in [0, 0.1) is 0 Å². The molecule has 0 saturated heterocycles. The fourth-order valence-corrected chi connectivity index (χ4v) is 5.64. The van der Waals surface area contributed by atoms with E-state index >= 15 is 0 Å². The fourth-order valence-electron chi connectivity index (χ4n) is 5.64. The molecular weight excluding hydrogens is 696 g/mol. The van der Waals surface area contributed by atoms with Crippen LogP contribution in [-0.4, -0.2) is 87.3 Å². The molecule has 0 spiro atoms. The molecular formula is C36H48N12O6. The van der Waals surface area contributed by atoms with Gasteiger partial charge < -0.3 is 48.4 Å². The van der Waals surface area contributed by atoms with Gasteiger partial charge >= 0.3 is 6.03 Å². The van der Waals surface area contributed by atoms with Crippen LogP contribution in [0.25, 0.3) is 10.9 Å². The Kier molecular flexibility index (Phi) is 15.1. The zero-order valence-corrected chi connectivity index (χ0v) is 29.9. The van der Waals surface area contributed by atoms with Crippen LogP contribution in [0.15, 0.2) is 73.3 Å². The number of amides is 7. The molecule has 18 heteroatoms. The normalized spacial score (nSPS) is 13.8. The van der Waals surface area contributed by atoms with Crippen LogP contribution in [0.1, 0.15) is 43.0 Å². The molecule has 14 N–H and O–H groups in total. The lowest BCUT2D eigenvalue weighted by Gasteiger charge is -2.24. The molecule has 0 saturated carbocycles. The summed E-state index contributed by atoms with van der Waals surface area (Å²) in [6.45, 7) is 1.80. The first-order valence-electron chi connectivity index (χ1n) is 17.5. The van der Waals surface area contributed by atoms with Crippen molar-refractivity contribution in [2.24, 2.45) is 17.2 Å². The van der Waals surface area contributed by atoms with Gasteiger partial charge in [-0.05, 0) is 49.9 Å². The highest BCUT2D eigenvalue weighted by molar-refractivity contribution is 5.95. The maximum atomic E-state index is 13.4. The number of imidazole rings is 1. The molecule has 0 aliphatic heterocycles. The Labute approximate surface area is 311 Å². The number of aromatic amines is 2. The summed E-state index contributed by atoms with van der Waals surface area (Å²) in [5.74, 6) is -3.45. The van der Waals surface area contributed by atoms with Gasteiger partial charge in [-0.1, -0.05) is 48.5 Å². The highest BCUT2D eigenvalue weighted by Crippen LogP contribution is 2.19. The second-order valence-corrected chi connectivity index (χ2v) is 12.8. The number of rotatable bonds is 19. The zero-order valence-electron chi connectivity index (χ0n) is 29.9. The van der Waals surface area contributed by atoms with Crippen molar-refractivity contribution in [3.8, 4) is 0 Å². The van der Waals surface area contributed by atoms with Crippen molar-refractivity contribution in [2.45, 2.75) is 75.7 Å². The minimum absolute atomic E-state index is 0.0506. The molecule has 7 amide bonds. The van der Waals surface area contributed by atoms with Crippen LogP contribution < -0.4 is 49.3 Å². The second kappa shape index (κ2) is 20.1. The first kappa shape index (κ1) is 40.5. The number of urea groups is 1. The average Bonchev–Trinajstić information content (AvgIpc) is 3.83. The van der Waals surface area contributed by atoms with Gasteiger partial charge in [0.2, 0.25) is 23.6 Å². The SMILES string of the molecule is C[C@H](NC(=O)NNC(=O)C(Cc1c[nH]c2ccccc12)NC(=O)[C@@H](N)Cc1cnc[nH]1)C(=O)N[C@H](Cc1ccccc1)C(=O)N[C@@H](CCCCN)C(N)=O. The molecule has 4 aromatic rings. The number of aromatic nitrogens is 3. The fraction of sp³-hybridized carbons (Fsp3) is 0.361. The predicted molar refractivity (Wildman–Crippen MR) is 200 cm³/mol. The number of benzene rings is 2. The van der Waals surface area contributed by atoms with Gasteiger partial charge in [-0.15, -0.1) is 0 Å². The molecule has 288 valence electrons. The van der Waals surface area contributed by atoms with E-state index in [9.17, 15) is 28.8 Å². The number of fused-ring (bicyclic) bond motifs is 1. The summed E-state index contributed by atoms with van der Waals surface area (Å²) in [5, 5.41) is 11.2. The highest BCUT2D eigenvalue weighted by Gasteiger charge is 2.29. The maximum Gasteiger partial charge on any atom is 0.334 e. The molecule has 2 aromatic carbocycles. The van der Waals surface area contributed by atoms with Crippen molar-refractivity contribution in [3.63, 3.8) is 0 Å². The van der Waals surface area contributed by atoms with Crippen LogP contribution in [0.2, 0.25) is 0 Å². The van der Waals surface area contributed by atoms with E-state index in [1.165, 1.54) is 19.4 Å². The predicted octanol–water partition coefficient (Wildman–Crippen LogP) is -0.966. The van der Waals surface area contributed by atoms with E-state index in [1.807, 2.05) is 24.3 Å². The minimum Gasteiger partial charge on any atom is -0.368 e. The molecule has 4 rings (SSSR count). The Hall–Kier alpha value is -6.27. The Balaban J connectivity index is 1.37. The van der Waals surface area contributed by atoms with Crippen LogP contribution in [0.5, 0.6) is 0 Å². The number of carbonyl (C=O) groups is 6. The number of nitrogens with zero attached hydrogens (tertiary/aromatic N) is 1. The van der Waals surface area contributed by atoms with Gasteiger partial charge in [-0.3, -0.25) is 29.4 Å². The molecule has 0 bridgehead atoms. The third-order valence-corrected chi connectivity index (χ3v) is 8.63. The molecule has 0 aliphatic rings. The number of para-hydroxylation sites is 1. The molecule has 2 aromatic heterocycles. The first-order valence-corrected chi connectivity index (χ1v) is 17.5. The van der Waals surface area contributed by atoms with E-state index < -0.39 is 65.8 Å². The van der Waals surface area contributed by atoms with E-state index in [4.69, 9.17) is 17.2 Å². The number of unbranched alkanes of at least 4 members (excludes halogenated alkanes) is 1. The van der Waals surface area contributed by atoms with Gasteiger partial charge in [0, 0.05) is 48.3 Å². The number of hydrogen-bond donors (Lipinski definition) is 11. The van der Waals surface area contributed by atoms with E-state index in [-0.39, 0.29) is 25.7 Å². The maximum absolute atomic E-state index is 13.4. The van der Waals surface area contributed by atoms with E-state index in [0.717, 1.165) is 22.0 Å². The van der Waals surface area contributed by atoms with Crippen LogP contribution in [-0.2, 0) is 43.2 Å². The summed E-state index contributed by atoms with van der Waals surface area (Å²) in [6, 6.07) is 9.94. The zero-order chi connectivity index (χ0) is 39.0. The summed E-state index contributed by atoms with van der Waals surface area (Å²) < 4.78 is 0. The molecule has 1 unspecified atom stereocenters. The molecule has 2 heterocycles. The Bertz CT molecular complexity index is 1870. The third-order valence-electron chi connectivity index (χ3n) is 8.63. The van der Waals surface area contributed by atoms with Gasteiger partial charge in [0.05, 0.1) is 12.4 Å². The monoisotopic (exact) mass is 744 g/mol. The first-order chi connectivity index (χ1) is 25.9. The molecule has 0 fully saturated rings. The van der Waals surface area contributed by atoms with E-state index in [1.54, 1.807) is 36.5 Å². The minimum atomic E-state index is -1.19. The van der Waals surface area contributed by atoms with Crippen molar-refractivity contribution >= 4 is 46.5 Å². The lowest BCUT2D eigenvalue weighted by atomic mass is 10.0. The highest BCUT2D eigenvalue weighted by atomic mass is 16.2. The summed E-state index contributed by atoms with van der Waals surface area (Å²) in [5.41, 5.74) is 24.6. The summed E-state index contributed by atoms with van der Waals surface area (Å²) in [6.07, 6.45) is 6.46. The number of H-pyrrole nitrogens is 2. The largest absolute Gasteiger partial charge is 0.368 e. The number of hydrazine groups is 1.